The van der Waals surface area contributed by atoms with Crippen LogP contribution < -0.4 is 4.90 Å². The normalized spacial score (nSPS) is 14.6. The predicted octanol–water partition coefficient (Wildman–Crippen LogP) is 2.10. The lowest BCUT2D eigenvalue weighted by Crippen LogP contribution is -2.37. The molecular formula is C20H23N5O2. The minimum absolute atomic E-state index is 0.204. The number of anilines is 1. The highest BCUT2D eigenvalue weighted by Crippen LogP contribution is 2.19. The van der Waals surface area contributed by atoms with Crippen LogP contribution in [0, 0.1) is 0 Å². The number of nitrogens with zero attached hydrogens (tertiary/aromatic N) is 5. The van der Waals surface area contributed by atoms with E-state index in [1.807, 2.05) is 34.8 Å². The minimum Gasteiger partial charge on any atom is -0.378 e. The van der Waals surface area contributed by atoms with E-state index in [0.717, 1.165) is 48.8 Å². The topological polar surface area (TPSA) is 72.6 Å². The van der Waals surface area contributed by atoms with Crippen molar-refractivity contribution >= 4 is 17.2 Å². The second-order valence-corrected chi connectivity index (χ2v) is 6.70. The average Bonchev–Trinajstić information content (AvgIpc) is 3.17. The number of Topliss-reactive ketones (excluding diaryl/α,β-unsaturated/α-hetero) is 1. The molecule has 4 rings (SSSR count). The molecule has 1 saturated heterocycles. The maximum Gasteiger partial charge on any atom is 0.157 e. The van der Waals surface area contributed by atoms with E-state index in [4.69, 9.17) is 4.74 Å². The summed E-state index contributed by atoms with van der Waals surface area (Å²) in [5, 5.41) is 4.38. The summed E-state index contributed by atoms with van der Waals surface area (Å²) in [6.07, 6.45) is 6.04. The minimum atomic E-state index is 0.204. The van der Waals surface area contributed by atoms with Crippen LogP contribution in [0.25, 0.3) is 5.65 Å². The second-order valence-electron chi connectivity index (χ2n) is 6.70. The van der Waals surface area contributed by atoms with Crippen LogP contribution in [-0.2, 0) is 22.4 Å². The zero-order valence-electron chi connectivity index (χ0n) is 15.3. The molecule has 0 aliphatic carbocycles. The van der Waals surface area contributed by atoms with Crippen molar-refractivity contribution < 1.29 is 9.53 Å². The summed E-state index contributed by atoms with van der Waals surface area (Å²) >= 11 is 0. The Morgan fingerprint density at radius 3 is 2.81 bits per heavy atom. The predicted molar refractivity (Wildman–Crippen MR) is 102 cm³/mol. The quantitative estimate of drug-likeness (QED) is 0.638. The number of carbonyl (C=O) groups is 1. The zero-order chi connectivity index (χ0) is 18.5. The SMILES string of the molecule is O=C(CCCc1ccccn1)Cc1cc(N2CCOCC2)n2nccc2n1. The van der Waals surface area contributed by atoms with Crippen LogP contribution in [0.15, 0.2) is 42.7 Å². The number of aromatic nitrogens is 4. The van der Waals surface area contributed by atoms with Crippen molar-refractivity contribution in [3.63, 3.8) is 0 Å². The molecule has 0 saturated carbocycles. The van der Waals surface area contributed by atoms with Crippen LogP contribution >= 0.6 is 0 Å². The molecule has 1 fully saturated rings. The summed E-state index contributed by atoms with van der Waals surface area (Å²) in [6.45, 7) is 3.03. The Labute approximate surface area is 158 Å². The van der Waals surface area contributed by atoms with Gasteiger partial charge in [-0.3, -0.25) is 9.78 Å². The van der Waals surface area contributed by atoms with Gasteiger partial charge in [0, 0.05) is 50.0 Å². The van der Waals surface area contributed by atoms with Gasteiger partial charge in [0.25, 0.3) is 0 Å². The summed E-state index contributed by atoms with van der Waals surface area (Å²) < 4.78 is 7.28. The average molecular weight is 365 g/mol. The fourth-order valence-corrected chi connectivity index (χ4v) is 3.36. The number of fused-ring (bicyclic) bond motifs is 1. The van der Waals surface area contributed by atoms with Crippen molar-refractivity contribution in [1.29, 1.82) is 0 Å². The Hall–Kier alpha value is -2.80. The highest BCUT2D eigenvalue weighted by molar-refractivity contribution is 5.80. The molecule has 1 aliphatic rings. The van der Waals surface area contributed by atoms with Crippen LogP contribution in [0.5, 0.6) is 0 Å². The van der Waals surface area contributed by atoms with Crippen molar-refractivity contribution in [2.75, 3.05) is 31.2 Å². The van der Waals surface area contributed by atoms with Crippen LogP contribution in [-0.4, -0.2) is 51.7 Å². The first-order valence-corrected chi connectivity index (χ1v) is 9.37. The number of pyridine rings is 1. The molecule has 3 aromatic heterocycles. The first-order valence-electron chi connectivity index (χ1n) is 9.37. The summed E-state index contributed by atoms with van der Waals surface area (Å²) in [6, 6.07) is 9.73. The number of aryl methyl sites for hydroxylation is 1. The standard InChI is InChI=1S/C20H23N5O2/c26-18(6-3-5-16-4-1-2-8-21-16)14-17-15-20(24-10-12-27-13-11-24)25-19(23-17)7-9-22-25/h1-2,4,7-9,15H,3,5-6,10-14H2. The molecule has 7 nitrogen and oxygen atoms in total. The highest BCUT2D eigenvalue weighted by atomic mass is 16.5. The van der Waals surface area contributed by atoms with Gasteiger partial charge >= 0.3 is 0 Å². The number of carbonyl (C=O) groups excluding carboxylic acids is 1. The van der Waals surface area contributed by atoms with Gasteiger partial charge < -0.3 is 9.64 Å². The molecule has 0 radical (unpaired) electrons. The van der Waals surface area contributed by atoms with Gasteiger partial charge in [0.15, 0.2) is 5.65 Å². The third-order valence-corrected chi connectivity index (χ3v) is 4.72. The van der Waals surface area contributed by atoms with Crippen molar-refractivity contribution in [3.8, 4) is 0 Å². The summed E-state index contributed by atoms with van der Waals surface area (Å²) in [5.41, 5.74) is 2.60. The van der Waals surface area contributed by atoms with Gasteiger partial charge in [0.2, 0.25) is 0 Å². The summed E-state index contributed by atoms with van der Waals surface area (Å²) in [5.74, 6) is 1.18. The molecule has 0 N–H and O–H groups in total. The van der Waals surface area contributed by atoms with Crippen LogP contribution in [0.4, 0.5) is 5.82 Å². The lowest BCUT2D eigenvalue weighted by atomic mass is 10.1. The van der Waals surface area contributed by atoms with E-state index in [-0.39, 0.29) is 5.78 Å². The second kappa shape index (κ2) is 8.26. The molecule has 0 amide bonds. The molecule has 0 bridgehead atoms. The van der Waals surface area contributed by atoms with Crippen molar-refractivity contribution in [2.24, 2.45) is 0 Å². The molecule has 1 aliphatic heterocycles. The third-order valence-electron chi connectivity index (χ3n) is 4.72. The smallest absolute Gasteiger partial charge is 0.157 e. The lowest BCUT2D eigenvalue weighted by Gasteiger charge is -2.29. The third kappa shape index (κ3) is 4.31. The number of morpholine rings is 1. The molecule has 3 aromatic rings. The van der Waals surface area contributed by atoms with Gasteiger partial charge in [-0.2, -0.15) is 9.61 Å². The van der Waals surface area contributed by atoms with Gasteiger partial charge in [-0.25, -0.2) is 4.98 Å². The molecular weight excluding hydrogens is 342 g/mol. The van der Waals surface area contributed by atoms with Gasteiger partial charge in [-0.1, -0.05) is 6.07 Å². The molecule has 4 heterocycles. The molecule has 0 aromatic carbocycles. The van der Waals surface area contributed by atoms with E-state index < -0.39 is 0 Å². The first kappa shape index (κ1) is 17.6. The lowest BCUT2D eigenvalue weighted by molar-refractivity contribution is -0.118. The summed E-state index contributed by atoms with van der Waals surface area (Å²) in [4.78, 5) is 23.6. The maximum atomic E-state index is 12.4. The number of ether oxygens (including phenoxy) is 1. The van der Waals surface area contributed by atoms with E-state index in [0.29, 0.717) is 26.1 Å². The molecule has 140 valence electrons. The monoisotopic (exact) mass is 365 g/mol. The largest absolute Gasteiger partial charge is 0.378 e. The zero-order valence-corrected chi connectivity index (χ0v) is 15.3. The van der Waals surface area contributed by atoms with Gasteiger partial charge in [0.05, 0.1) is 25.1 Å². The Balaban J connectivity index is 1.42. The Morgan fingerprint density at radius 2 is 2.00 bits per heavy atom. The Morgan fingerprint density at radius 1 is 1.11 bits per heavy atom. The number of hydrogen-bond donors (Lipinski definition) is 0. The Bertz CT molecular complexity index is 903. The van der Waals surface area contributed by atoms with Gasteiger partial charge in [-0.15, -0.1) is 0 Å². The maximum absolute atomic E-state index is 12.4. The fraction of sp³-hybridized carbons (Fsp3) is 0.400. The molecule has 27 heavy (non-hydrogen) atoms. The van der Waals surface area contributed by atoms with E-state index in [1.165, 1.54) is 0 Å². The van der Waals surface area contributed by atoms with E-state index in [9.17, 15) is 4.79 Å². The number of hydrogen-bond acceptors (Lipinski definition) is 6. The molecule has 0 spiro atoms. The van der Waals surface area contributed by atoms with Crippen LogP contribution in [0.1, 0.15) is 24.2 Å². The van der Waals surface area contributed by atoms with Gasteiger partial charge in [0.1, 0.15) is 11.6 Å². The Kier molecular flexibility index (Phi) is 5.39. The van der Waals surface area contributed by atoms with E-state index >= 15 is 0 Å². The number of ketones is 1. The van der Waals surface area contributed by atoms with Crippen LogP contribution in [0.3, 0.4) is 0 Å². The van der Waals surface area contributed by atoms with E-state index in [2.05, 4.69) is 20.0 Å². The molecule has 0 unspecified atom stereocenters. The summed E-state index contributed by atoms with van der Waals surface area (Å²) in [7, 11) is 0. The highest BCUT2D eigenvalue weighted by Gasteiger charge is 2.17. The molecule has 7 heteroatoms. The van der Waals surface area contributed by atoms with Crippen molar-refractivity contribution in [1.82, 2.24) is 19.6 Å². The van der Waals surface area contributed by atoms with Gasteiger partial charge in [-0.05, 0) is 25.0 Å². The first-order chi connectivity index (χ1) is 13.3. The molecule has 0 atom stereocenters. The van der Waals surface area contributed by atoms with E-state index in [1.54, 1.807) is 12.4 Å². The fourth-order valence-electron chi connectivity index (χ4n) is 3.36. The van der Waals surface area contributed by atoms with Crippen LogP contribution in [0.2, 0.25) is 0 Å². The van der Waals surface area contributed by atoms with Crippen molar-refractivity contribution in [3.05, 3.63) is 54.1 Å². The van der Waals surface area contributed by atoms with Crippen molar-refractivity contribution in [2.45, 2.75) is 25.7 Å². The number of rotatable bonds is 7.